The van der Waals surface area contributed by atoms with E-state index in [1.165, 1.54) is 6.07 Å². The maximum Gasteiger partial charge on any atom is 0.223 e. The van der Waals surface area contributed by atoms with Crippen molar-refractivity contribution >= 4 is 5.91 Å². The number of rotatable bonds is 7. The Balaban J connectivity index is 1.79. The largest absolute Gasteiger partial charge is 0.342 e. The molecule has 0 saturated carbocycles. The molecule has 0 aromatic heterocycles. The molecule has 0 spiro atoms. The summed E-state index contributed by atoms with van der Waals surface area (Å²) in [6.07, 6.45) is 4.51. The van der Waals surface area contributed by atoms with Crippen LogP contribution in [0.3, 0.4) is 0 Å². The number of nitrogens with zero attached hydrogens (tertiary/aromatic N) is 2. The Bertz CT molecular complexity index is 532. The van der Waals surface area contributed by atoms with Gasteiger partial charge in [-0.15, -0.1) is 0 Å². The molecule has 1 aliphatic heterocycles. The zero-order chi connectivity index (χ0) is 17.5. The second-order valence-electron chi connectivity index (χ2n) is 7.30. The third-order valence-corrected chi connectivity index (χ3v) is 5.21. The highest BCUT2D eigenvalue weighted by molar-refractivity contribution is 5.76. The van der Waals surface area contributed by atoms with E-state index in [4.69, 9.17) is 0 Å². The maximum absolute atomic E-state index is 13.7. The average Bonchev–Trinajstić information content (AvgIpc) is 2.58. The fourth-order valence-corrected chi connectivity index (χ4v) is 3.28. The van der Waals surface area contributed by atoms with Gasteiger partial charge in [0.25, 0.3) is 0 Å². The minimum absolute atomic E-state index is 0.113. The van der Waals surface area contributed by atoms with Gasteiger partial charge in [-0.05, 0) is 64.1 Å². The molecule has 0 bridgehead atoms. The van der Waals surface area contributed by atoms with Gasteiger partial charge in [0.1, 0.15) is 5.82 Å². The number of piperidine rings is 1. The summed E-state index contributed by atoms with van der Waals surface area (Å²) in [5.74, 6) is 0.640. The fourth-order valence-electron chi connectivity index (χ4n) is 3.28. The van der Waals surface area contributed by atoms with Crippen molar-refractivity contribution < 1.29 is 9.18 Å². The van der Waals surface area contributed by atoms with Crippen LogP contribution in [0.1, 0.15) is 45.1 Å². The minimum Gasteiger partial charge on any atom is -0.342 e. The van der Waals surface area contributed by atoms with Crippen LogP contribution in [0, 0.1) is 11.7 Å². The van der Waals surface area contributed by atoms with Gasteiger partial charge in [-0.2, -0.15) is 0 Å². The van der Waals surface area contributed by atoms with Crippen LogP contribution in [-0.2, 0) is 11.2 Å². The molecule has 1 fully saturated rings. The first-order chi connectivity index (χ1) is 11.5. The predicted octanol–water partition coefficient (Wildman–Crippen LogP) is 3.73. The monoisotopic (exact) mass is 334 g/mol. The molecule has 3 nitrogen and oxygen atoms in total. The van der Waals surface area contributed by atoms with Gasteiger partial charge >= 0.3 is 0 Å². The zero-order valence-corrected chi connectivity index (χ0v) is 15.3. The van der Waals surface area contributed by atoms with Crippen molar-refractivity contribution in [3.63, 3.8) is 0 Å². The number of hydrogen-bond acceptors (Lipinski definition) is 2. The number of amides is 1. The molecule has 0 N–H and O–H groups in total. The number of aryl methyl sites for hydroxylation is 1. The lowest BCUT2D eigenvalue weighted by atomic mass is 9.91. The van der Waals surface area contributed by atoms with E-state index in [-0.39, 0.29) is 11.7 Å². The maximum atomic E-state index is 13.7. The highest BCUT2D eigenvalue weighted by Gasteiger charge is 2.23. The lowest BCUT2D eigenvalue weighted by molar-refractivity contribution is -0.133. The lowest BCUT2D eigenvalue weighted by Gasteiger charge is -2.33. The van der Waals surface area contributed by atoms with Gasteiger partial charge in [-0.3, -0.25) is 4.79 Å². The summed E-state index contributed by atoms with van der Waals surface area (Å²) < 4.78 is 13.7. The van der Waals surface area contributed by atoms with Gasteiger partial charge in [-0.25, -0.2) is 4.39 Å². The van der Waals surface area contributed by atoms with Crippen molar-refractivity contribution in [2.45, 2.75) is 52.0 Å². The van der Waals surface area contributed by atoms with E-state index in [0.29, 0.717) is 18.4 Å². The van der Waals surface area contributed by atoms with Crippen LogP contribution in [0.25, 0.3) is 0 Å². The van der Waals surface area contributed by atoms with E-state index in [1.54, 1.807) is 6.07 Å². The summed E-state index contributed by atoms with van der Waals surface area (Å²) in [6.45, 7) is 6.81. The molecule has 4 heteroatoms. The van der Waals surface area contributed by atoms with E-state index in [1.807, 2.05) is 17.0 Å². The predicted molar refractivity (Wildman–Crippen MR) is 96.4 cm³/mol. The van der Waals surface area contributed by atoms with Crippen molar-refractivity contribution in [1.29, 1.82) is 0 Å². The van der Waals surface area contributed by atoms with Gasteiger partial charge < -0.3 is 9.80 Å². The number of carbonyl (C=O) groups excluding carboxylic acids is 1. The van der Waals surface area contributed by atoms with E-state index in [2.05, 4.69) is 25.8 Å². The van der Waals surface area contributed by atoms with Crippen LogP contribution in [0.2, 0.25) is 0 Å². The van der Waals surface area contributed by atoms with Crippen LogP contribution < -0.4 is 0 Å². The normalized spacial score (nSPS) is 18.4. The number of hydrogen-bond donors (Lipinski definition) is 0. The fraction of sp³-hybridized carbons (Fsp3) is 0.650. The Morgan fingerprint density at radius 3 is 2.83 bits per heavy atom. The van der Waals surface area contributed by atoms with E-state index < -0.39 is 0 Å². The first-order valence-electron chi connectivity index (χ1n) is 9.18. The molecular formula is C20H31FN2O. The summed E-state index contributed by atoms with van der Waals surface area (Å²) in [4.78, 5) is 16.7. The van der Waals surface area contributed by atoms with Crippen LogP contribution in [0.4, 0.5) is 4.39 Å². The molecule has 1 heterocycles. The van der Waals surface area contributed by atoms with Crippen LogP contribution in [0.5, 0.6) is 0 Å². The van der Waals surface area contributed by atoms with Gasteiger partial charge in [-0.1, -0.05) is 18.2 Å². The Morgan fingerprint density at radius 2 is 2.12 bits per heavy atom. The first kappa shape index (κ1) is 18.9. The Morgan fingerprint density at radius 1 is 1.38 bits per heavy atom. The van der Waals surface area contributed by atoms with Crippen LogP contribution in [0.15, 0.2) is 24.3 Å². The summed E-state index contributed by atoms with van der Waals surface area (Å²) in [5.41, 5.74) is 0.791. The van der Waals surface area contributed by atoms with Crippen molar-refractivity contribution in [2.75, 3.05) is 26.7 Å². The summed E-state index contributed by atoms with van der Waals surface area (Å²) >= 11 is 0. The van der Waals surface area contributed by atoms with E-state index in [0.717, 1.165) is 50.9 Å². The highest BCUT2D eigenvalue weighted by atomic mass is 19.1. The highest BCUT2D eigenvalue weighted by Crippen LogP contribution is 2.23. The Labute approximate surface area is 145 Å². The molecule has 1 amide bonds. The zero-order valence-electron chi connectivity index (χ0n) is 15.3. The van der Waals surface area contributed by atoms with E-state index in [9.17, 15) is 9.18 Å². The molecule has 0 radical (unpaired) electrons. The molecule has 2 rings (SSSR count). The molecule has 24 heavy (non-hydrogen) atoms. The number of carbonyl (C=O) groups is 1. The number of likely N-dealkylation sites (tertiary alicyclic amines) is 1. The summed E-state index contributed by atoms with van der Waals surface area (Å²) in [6, 6.07) is 7.47. The van der Waals surface area contributed by atoms with E-state index >= 15 is 0 Å². The van der Waals surface area contributed by atoms with Crippen molar-refractivity contribution in [1.82, 2.24) is 9.80 Å². The smallest absolute Gasteiger partial charge is 0.223 e. The lowest BCUT2D eigenvalue weighted by Crippen LogP contribution is -2.41. The Hall–Kier alpha value is -1.42. The molecule has 134 valence electrons. The molecule has 1 saturated heterocycles. The van der Waals surface area contributed by atoms with Crippen LogP contribution >= 0.6 is 0 Å². The van der Waals surface area contributed by atoms with Crippen molar-refractivity contribution in [3.05, 3.63) is 35.6 Å². The van der Waals surface area contributed by atoms with Gasteiger partial charge in [0, 0.05) is 32.1 Å². The summed E-state index contributed by atoms with van der Waals surface area (Å²) in [5, 5.41) is 0. The minimum atomic E-state index is -0.113. The third-order valence-electron chi connectivity index (χ3n) is 5.21. The molecule has 1 atom stereocenters. The standard InChI is InChI=1S/C20H31FN2O/c1-16(2)22(3)14-12-20(24)23-13-6-7-17(15-23)10-11-18-8-4-5-9-19(18)21/h4-5,8-9,16-17H,6-7,10-15H2,1-3H3. The Kier molecular flexibility index (Phi) is 7.22. The van der Waals surface area contributed by atoms with Gasteiger partial charge in [0.05, 0.1) is 0 Å². The van der Waals surface area contributed by atoms with Gasteiger partial charge in [0.15, 0.2) is 0 Å². The third kappa shape index (κ3) is 5.59. The average molecular weight is 334 g/mol. The molecule has 1 unspecified atom stereocenters. The number of halogens is 1. The quantitative estimate of drug-likeness (QED) is 0.758. The molecule has 1 aromatic carbocycles. The molecule has 0 aliphatic carbocycles. The second-order valence-corrected chi connectivity index (χ2v) is 7.30. The summed E-state index contributed by atoms with van der Waals surface area (Å²) in [7, 11) is 2.06. The SMILES string of the molecule is CC(C)N(C)CCC(=O)N1CCCC(CCc2ccccc2F)C1. The molecule has 1 aliphatic rings. The van der Waals surface area contributed by atoms with Crippen LogP contribution in [-0.4, -0.2) is 48.4 Å². The topological polar surface area (TPSA) is 23.6 Å². The number of benzene rings is 1. The first-order valence-corrected chi connectivity index (χ1v) is 9.18. The van der Waals surface area contributed by atoms with Crippen molar-refractivity contribution in [2.24, 2.45) is 5.92 Å². The molecule has 1 aromatic rings. The second kappa shape index (κ2) is 9.16. The molecular weight excluding hydrogens is 303 g/mol. The van der Waals surface area contributed by atoms with Crippen molar-refractivity contribution in [3.8, 4) is 0 Å². The van der Waals surface area contributed by atoms with Gasteiger partial charge in [0.2, 0.25) is 5.91 Å².